The summed E-state index contributed by atoms with van der Waals surface area (Å²) in [6.07, 6.45) is -3.40. The Bertz CT molecular complexity index is 1290. The van der Waals surface area contributed by atoms with Crippen molar-refractivity contribution in [3.05, 3.63) is 65.2 Å². The van der Waals surface area contributed by atoms with Crippen LogP contribution in [0.4, 0.5) is 33.2 Å². The van der Waals surface area contributed by atoms with Crippen molar-refractivity contribution in [2.45, 2.75) is 70.5 Å². The summed E-state index contributed by atoms with van der Waals surface area (Å²) in [4.78, 5) is 40.4. The molecule has 0 unspecified atom stereocenters. The zero-order valence-corrected chi connectivity index (χ0v) is 25.3. The summed E-state index contributed by atoms with van der Waals surface area (Å²) in [6.45, 7) is 8.80. The van der Waals surface area contributed by atoms with E-state index in [0.29, 0.717) is 70.8 Å². The first-order chi connectivity index (χ1) is 20.7. The number of rotatable bonds is 9. The number of carbonyl (C=O) groups is 3. The zero-order chi connectivity index (χ0) is 32.0. The Kier molecular flexibility index (Phi) is 10.3. The van der Waals surface area contributed by atoms with Crippen LogP contribution in [0.5, 0.6) is 0 Å². The fourth-order valence-electron chi connectivity index (χ4n) is 5.14. The topological polar surface area (TPSA) is 112 Å². The molecule has 2 aliphatic heterocycles. The number of nitrogens with zero attached hydrogens (tertiary/aromatic N) is 2. The maximum atomic E-state index is 12.8. The van der Waals surface area contributed by atoms with Crippen molar-refractivity contribution in [3.63, 3.8) is 0 Å². The maximum absolute atomic E-state index is 12.8. The van der Waals surface area contributed by atoms with Crippen molar-refractivity contribution in [2.75, 3.05) is 38.0 Å². The van der Waals surface area contributed by atoms with Crippen molar-refractivity contribution in [1.82, 2.24) is 20.4 Å². The Morgan fingerprint density at radius 1 is 0.909 bits per heavy atom. The minimum Gasteiger partial charge on any atom is -0.444 e. The smallest absolute Gasteiger partial charge is 0.416 e. The summed E-state index contributed by atoms with van der Waals surface area (Å²) in [5, 5.41) is 8.13. The number of ether oxygens (including phenoxy) is 2. The van der Waals surface area contributed by atoms with E-state index < -0.39 is 29.0 Å². The predicted octanol–water partition coefficient (Wildman–Crippen LogP) is 5.73. The lowest BCUT2D eigenvalue weighted by Crippen LogP contribution is -2.46. The Labute approximate surface area is 255 Å². The van der Waals surface area contributed by atoms with Crippen molar-refractivity contribution < 1.29 is 37.0 Å². The highest BCUT2D eigenvalue weighted by atomic mass is 19.4. The minimum absolute atomic E-state index is 0.366. The molecule has 2 heterocycles. The largest absolute Gasteiger partial charge is 0.444 e. The van der Waals surface area contributed by atoms with Gasteiger partial charge in [0.15, 0.2) is 0 Å². The molecule has 10 nitrogen and oxygen atoms in total. The number of piperidine rings is 1. The number of alkyl carbamates (subject to hydrolysis) is 1. The Morgan fingerprint density at radius 3 is 2.11 bits per heavy atom. The molecule has 0 aromatic heterocycles. The molecule has 0 atom stereocenters. The number of anilines is 1. The highest BCUT2D eigenvalue weighted by Gasteiger charge is 2.46. The average Bonchev–Trinajstić information content (AvgIpc) is 3.23. The van der Waals surface area contributed by atoms with Gasteiger partial charge in [-0.25, -0.2) is 14.4 Å². The molecule has 2 aromatic carbocycles. The quantitative estimate of drug-likeness (QED) is 0.309. The molecule has 0 saturated carbocycles. The first kappa shape index (κ1) is 32.9. The third-order valence-corrected chi connectivity index (χ3v) is 7.39. The predicted molar refractivity (Wildman–Crippen MR) is 158 cm³/mol. The van der Waals surface area contributed by atoms with Crippen molar-refractivity contribution in [2.24, 2.45) is 0 Å². The minimum atomic E-state index is -4.35. The van der Waals surface area contributed by atoms with Gasteiger partial charge < -0.3 is 25.4 Å². The van der Waals surface area contributed by atoms with Crippen LogP contribution in [0, 0.1) is 0 Å². The van der Waals surface area contributed by atoms with Gasteiger partial charge in [0, 0.05) is 57.8 Å². The van der Waals surface area contributed by atoms with Crippen LogP contribution in [0.2, 0.25) is 0 Å². The Morgan fingerprint density at radius 2 is 1.50 bits per heavy atom. The fraction of sp³-hybridized carbons (Fsp3) is 0.516. The van der Waals surface area contributed by atoms with E-state index in [0.717, 1.165) is 23.3 Å². The van der Waals surface area contributed by atoms with Crippen LogP contribution in [-0.4, -0.2) is 71.9 Å². The van der Waals surface area contributed by atoms with Gasteiger partial charge in [0.25, 0.3) is 0 Å². The fourth-order valence-corrected chi connectivity index (χ4v) is 5.14. The summed E-state index contributed by atoms with van der Waals surface area (Å²) >= 11 is 0. The highest BCUT2D eigenvalue weighted by Crippen LogP contribution is 2.35. The molecule has 2 fully saturated rings. The third-order valence-electron chi connectivity index (χ3n) is 7.39. The van der Waals surface area contributed by atoms with Crippen LogP contribution in [0.1, 0.15) is 56.7 Å². The molecule has 3 N–H and O–H groups in total. The second-order valence-corrected chi connectivity index (χ2v) is 12.2. The summed E-state index contributed by atoms with van der Waals surface area (Å²) in [7, 11) is 0. The van der Waals surface area contributed by atoms with Crippen molar-refractivity contribution >= 4 is 23.9 Å². The molecular weight excluding hydrogens is 579 g/mol. The molecule has 1 spiro atoms. The molecule has 4 amide bonds. The van der Waals surface area contributed by atoms with Crippen LogP contribution in [-0.2, 0) is 28.7 Å². The average molecular weight is 620 g/mol. The monoisotopic (exact) mass is 619 g/mol. The van der Waals surface area contributed by atoms with Gasteiger partial charge in [-0.05, 0) is 62.6 Å². The number of amides is 4. The maximum Gasteiger partial charge on any atom is 0.416 e. The van der Waals surface area contributed by atoms with E-state index in [1.807, 2.05) is 12.1 Å². The summed E-state index contributed by atoms with van der Waals surface area (Å²) in [5.74, 6) is 0. The van der Waals surface area contributed by atoms with Gasteiger partial charge in [-0.15, -0.1) is 0 Å². The number of urea groups is 1. The molecule has 44 heavy (non-hydrogen) atoms. The number of halogens is 3. The number of likely N-dealkylation sites (tertiary alicyclic amines) is 1. The zero-order valence-electron chi connectivity index (χ0n) is 25.3. The van der Waals surface area contributed by atoms with E-state index in [1.165, 1.54) is 12.1 Å². The van der Waals surface area contributed by atoms with Crippen molar-refractivity contribution in [1.29, 1.82) is 0 Å². The lowest BCUT2D eigenvalue weighted by molar-refractivity contribution is -0.137. The van der Waals surface area contributed by atoms with E-state index in [4.69, 9.17) is 9.47 Å². The first-order valence-corrected chi connectivity index (χ1v) is 14.7. The van der Waals surface area contributed by atoms with Gasteiger partial charge in [-0.1, -0.05) is 24.3 Å². The number of carbonyl (C=O) groups excluding carboxylic acids is 3. The summed E-state index contributed by atoms with van der Waals surface area (Å²) < 4.78 is 49.5. The standard InChI is InChI=1S/C31H40F3N5O5/c1-29(2,3)43-27(41)36-16-4-15-35-26(40)37-25-11-7-23(8-12-25)20-39-21-30(44-28(39)42)13-17-38(18-14-30)19-22-5-9-24(10-6-22)31(32,33)34/h5-12H,4,13-21H2,1-3H3,(H,36,41)(H2,35,37,40). The summed E-state index contributed by atoms with van der Waals surface area (Å²) in [5.41, 5.74) is 0.488. The van der Waals surface area contributed by atoms with Gasteiger partial charge in [-0.2, -0.15) is 13.2 Å². The number of alkyl halides is 3. The van der Waals surface area contributed by atoms with Gasteiger partial charge in [0.2, 0.25) is 0 Å². The number of nitrogens with one attached hydrogen (secondary N) is 3. The molecule has 0 radical (unpaired) electrons. The van der Waals surface area contributed by atoms with Crippen LogP contribution < -0.4 is 16.0 Å². The second-order valence-electron chi connectivity index (χ2n) is 12.2. The van der Waals surface area contributed by atoms with Crippen LogP contribution in [0.25, 0.3) is 0 Å². The van der Waals surface area contributed by atoms with E-state index in [1.54, 1.807) is 37.8 Å². The van der Waals surface area contributed by atoms with Gasteiger partial charge in [-0.3, -0.25) is 9.80 Å². The third kappa shape index (κ3) is 9.76. The van der Waals surface area contributed by atoms with E-state index in [9.17, 15) is 27.6 Å². The molecule has 13 heteroatoms. The Balaban J connectivity index is 1.16. The molecular formula is C31H40F3N5O5. The van der Waals surface area contributed by atoms with Crippen LogP contribution >= 0.6 is 0 Å². The molecule has 4 rings (SSSR count). The lowest BCUT2D eigenvalue weighted by atomic mass is 9.91. The molecule has 2 saturated heterocycles. The number of benzene rings is 2. The normalized spacial score (nSPS) is 16.9. The van der Waals surface area contributed by atoms with E-state index in [2.05, 4.69) is 20.9 Å². The second kappa shape index (κ2) is 13.7. The number of hydrogen-bond acceptors (Lipinski definition) is 6. The molecule has 2 aromatic rings. The van der Waals surface area contributed by atoms with E-state index >= 15 is 0 Å². The first-order valence-electron chi connectivity index (χ1n) is 14.7. The van der Waals surface area contributed by atoms with Gasteiger partial charge >= 0.3 is 24.4 Å². The van der Waals surface area contributed by atoms with Gasteiger partial charge in [0.05, 0.1) is 12.1 Å². The molecule has 2 aliphatic rings. The van der Waals surface area contributed by atoms with Crippen LogP contribution in [0.3, 0.4) is 0 Å². The highest BCUT2D eigenvalue weighted by molar-refractivity contribution is 5.89. The molecule has 240 valence electrons. The lowest BCUT2D eigenvalue weighted by Gasteiger charge is -2.37. The van der Waals surface area contributed by atoms with E-state index in [-0.39, 0.29) is 12.1 Å². The van der Waals surface area contributed by atoms with Gasteiger partial charge in [0.1, 0.15) is 11.2 Å². The van der Waals surface area contributed by atoms with Crippen LogP contribution in [0.15, 0.2) is 48.5 Å². The molecule has 0 aliphatic carbocycles. The molecule has 0 bridgehead atoms. The van der Waals surface area contributed by atoms with Crippen molar-refractivity contribution in [3.8, 4) is 0 Å². The summed E-state index contributed by atoms with van der Waals surface area (Å²) in [6, 6.07) is 12.0. The Hall–Kier alpha value is -4.00. The SMILES string of the molecule is CC(C)(C)OC(=O)NCCCNC(=O)Nc1ccc(CN2CC3(CCN(Cc4ccc(C(F)(F)F)cc4)CC3)OC2=O)cc1. The number of hydrogen-bond donors (Lipinski definition) is 3.